The van der Waals surface area contributed by atoms with Crippen molar-refractivity contribution in [3.05, 3.63) is 46.8 Å². The minimum absolute atomic E-state index is 0.126. The van der Waals surface area contributed by atoms with Crippen LogP contribution in [0.25, 0.3) is 0 Å². The van der Waals surface area contributed by atoms with Crippen molar-refractivity contribution in [1.82, 2.24) is 9.88 Å². The summed E-state index contributed by atoms with van der Waals surface area (Å²) in [4.78, 5) is 18.3. The van der Waals surface area contributed by atoms with Gasteiger partial charge >= 0.3 is 0 Å². The number of carbonyl (C=O) groups excluding carboxylic acids is 1. The van der Waals surface area contributed by atoms with Gasteiger partial charge in [-0.15, -0.1) is 0 Å². The normalized spacial score (nSPS) is 12.1. The highest BCUT2D eigenvalue weighted by Crippen LogP contribution is 2.22. The predicted octanol–water partition coefficient (Wildman–Crippen LogP) is 3.28. The van der Waals surface area contributed by atoms with Crippen LogP contribution in [0.2, 0.25) is 0 Å². The summed E-state index contributed by atoms with van der Waals surface area (Å²) < 4.78 is 0. The number of thioether (sulfide) groups is 1. The summed E-state index contributed by atoms with van der Waals surface area (Å²) in [7, 11) is 1.84. The van der Waals surface area contributed by atoms with Crippen LogP contribution in [0, 0.1) is 0 Å². The zero-order valence-corrected chi connectivity index (χ0v) is 12.6. The van der Waals surface area contributed by atoms with Crippen LogP contribution in [0.15, 0.2) is 46.2 Å². The Morgan fingerprint density at radius 2 is 2.32 bits per heavy atom. The highest BCUT2D eigenvalue weighted by Gasteiger charge is 2.19. The van der Waals surface area contributed by atoms with E-state index in [2.05, 4.69) is 10.4 Å². The number of thiophene rings is 1. The molecule has 2 rings (SSSR count). The largest absolute Gasteiger partial charge is 0.340 e. The molecule has 1 amide bonds. The van der Waals surface area contributed by atoms with Crippen LogP contribution < -0.4 is 0 Å². The summed E-state index contributed by atoms with van der Waals surface area (Å²) in [6.45, 7) is 2.58. The lowest BCUT2D eigenvalue weighted by atomic mass is 10.3. The fraction of sp³-hybridized carbons (Fsp3) is 0.286. The molecule has 2 aromatic heterocycles. The average molecular weight is 292 g/mol. The van der Waals surface area contributed by atoms with E-state index in [1.165, 1.54) is 17.3 Å². The van der Waals surface area contributed by atoms with Crippen LogP contribution in [0.1, 0.15) is 12.5 Å². The number of carbonyl (C=O) groups is 1. The van der Waals surface area contributed by atoms with Crippen molar-refractivity contribution >= 4 is 29.0 Å². The zero-order valence-electron chi connectivity index (χ0n) is 10.9. The Morgan fingerprint density at radius 1 is 1.47 bits per heavy atom. The van der Waals surface area contributed by atoms with Gasteiger partial charge in [0.1, 0.15) is 0 Å². The van der Waals surface area contributed by atoms with Crippen LogP contribution in [0.4, 0.5) is 0 Å². The molecule has 19 heavy (non-hydrogen) atoms. The summed E-state index contributed by atoms with van der Waals surface area (Å²) in [5, 5.41) is 4.85. The van der Waals surface area contributed by atoms with Crippen LogP contribution in [-0.2, 0) is 11.3 Å². The summed E-state index contributed by atoms with van der Waals surface area (Å²) >= 11 is 3.14. The minimum atomic E-state index is -0.126. The molecule has 2 heterocycles. The standard InChI is InChI=1S/C14H16N2OS2/c1-11(19-13-5-3-4-7-15-13)14(17)16(2)9-12-6-8-18-10-12/h3-8,10-11H,9H2,1-2H3. The molecule has 3 nitrogen and oxygen atoms in total. The molecule has 1 atom stereocenters. The van der Waals surface area contributed by atoms with E-state index in [0.717, 1.165) is 5.03 Å². The van der Waals surface area contributed by atoms with Crippen molar-refractivity contribution in [2.75, 3.05) is 7.05 Å². The topological polar surface area (TPSA) is 33.2 Å². The quantitative estimate of drug-likeness (QED) is 0.793. The first-order valence-corrected chi connectivity index (χ1v) is 7.83. The zero-order chi connectivity index (χ0) is 13.7. The van der Waals surface area contributed by atoms with Crippen molar-refractivity contribution in [2.45, 2.75) is 23.7 Å². The molecule has 0 N–H and O–H groups in total. The number of pyridine rings is 1. The third-order valence-electron chi connectivity index (χ3n) is 2.66. The van der Waals surface area contributed by atoms with Gasteiger partial charge in [0.25, 0.3) is 0 Å². The second kappa shape index (κ2) is 6.73. The maximum absolute atomic E-state index is 12.3. The fourth-order valence-electron chi connectivity index (χ4n) is 1.69. The van der Waals surface area contributed by atoms with Crippen LogP contribution >= 0.6 is 23.1 Å². The monoisotopic (exact) mass is 292 g/mol. The summed E-state index contributed by atoms with van der Waals surface area (Å²) in [6.07, 6.45) is 1.74. The Labute approximate surface area is 121 Å². The van der Waals surface area contributed by atoms with Gasteiger partial charge in [0, 0.05) is 19.8 Å². The molecule has 0 saturated carbocycles. The van der Waals surface area contributed by atoms with Gasteiger partial charge in [-0.05, 0) is 41.4 Å². The van der Waals surface area contributed by atoms with E-state index in [1.54, 1.807) is 22.4 Å². The van der Waals surface area contributed by atoms with Gasteiger partial charge in [-0.2, -0.15) is 11.3 Å². The number of rotatable bonds is 5. The molecule has 2 aromatic rings. The Morgan fingerprint density at radius 3 is 2.95 bits per heavy atom. The van der Waals surface area contributed by atoms with Gasteiger partial charge in [0.2, 0.25) is 5.91 Å². The van der Waals surface area contributed by atoms with E-state index >= 15 is 0 Å². The minimum Gasteiger partial charge on any atom is -0.340 e. The van der Waals surface area contributed by atoms with Crippen molar-refractivity contribution in [3.63, 3.8) is 0 Å². The molecule has 0 aliphatic rings. The molecule has 100 valence electrons. The van der Waals surface area contributed by atoms with E-state index in [0.29, 0.717) is 6.54 Å². The lowest BCUT2D eigenvalue weighted by molar-refractivity contribution is -0.129. The molecule has 0 saturated heterocycles. The van der Waals surface area contributed by atoms with E-state index in [1.807, 2.05) is 43.6 Å². The maximum atomic E-state index is 12.3. The van der Waals surface area contributed by atoms with Crippen molar-refractivity contribution in [3.8, 4) is 0 Å². The third kappa shape index (κ3) is 4.08. The predicted molar refractivity (Wildman–Crippen MR) is 80.3 cm³/mol. The molecule has 0 aliphatic heterocycles. The lowest BCUT2D eigenvalue weighted by Gasteiger charge is -2.20. The summed E-state index contributed by atoms with van der Waals surface area (Å²) in [5.41, 5.74) is 1.18. The van der Waals surface area contributed by atoms with Gasteiger partial charge in [-0.3, -0.25) is 4.79 Å². The number of nitrogens with zero attached hydrogens (tertiary/aromatic N) is 2. The molecule has 0 bridgehead atoms. The third-order valence-corrected chi connectivity index (χ3v) is 4.43. The Balaban J connectivity index is 1.91. The molecule has 1 unspecified atom stereocenters. The average Bonchev–Trinajstić information content (AvgIpc) is 2.91. The van der Waals surface area contributed by atoms with E-state index in [-0.39, 0.29) is 11.2 Å². The number of aromatic nitrogens is 1. The van der Waals surface area contributed by atoms with Crippen LogP contribution in [0.5, 0.6) is 0 Å². The Kier molecular flexibility index (Phi) is 4.99. The van der Waals surface area contributed by atoms with E-state index in [9.17, 15) is 4.79 Å². The molecule has 0 fully saturated rings. The molecule has 0 radical (unpaired) electrons. The highest BCUT2D eigenvalue weighted by atomic mass is 32.2. The second-order valence-electron chi connectivity index (χ2n) is 4.25. The lowest BCUT2D eigenvalue weighted by Crippen LogP contribution is -2.32. The Bertz CT molecular complexity index is 514. The summed E-state index contributed by atoms with van der Waals surface area (Å²) in [6, 6.07) is 7.78. The first kappa shape index (κ1) is 14.1. The molecule has 0 spiro atoms. The van der Waals surface area contributed by atoms with Crippen LogP contribution in [-0.4, -0.2) is 28.1 Å². The number of hydrogen-bond donors (Lipinski definition) is 0. The maximum Gasteiger partial charge on any atom is 0.235 e. The van der Waals surface area contributed by atoms with Crippen molar-refractivity contribution in [1.29, 1.82) is 0 Å². The number of amides is 1. The molecular formula is C14H16N2OS2. The van der Waals surface area contributed by atoms with Crippen molar-refractivity contribution in [2.24, 2.45) is 0 Å². The highest BCUT2D eigenvalue weighted by molar-refractivity contribution is 8.00. The first-order valence-electron chi connectivity index (χ1n) is 6.00. The molecular weight excluding hydrogens is 276 g/mol. The first-order chi connectivity index (χ1) is 9.16. The van der Waals surface area contributed by atoms with Crippen LogP contribution in [0.3, 0.4) is 0 Å². The summed E-state index contributed by atoms with van der Waals surface area (Å²) in [5.74, 6) is 0.127. The Hall–Kier alpha value is -1.33. The number of hydrogen-bond acceptors (Lipinski definition) is 4. The molecule has 0 aromatic carbocycles. The van der Waals surface area contributed by atoms with E-state index < -0.39 is 0 Å². The molecule has 0 aliphatic carbocycles. The van der Waals surface area contributed by atoms with Gasteiger partial charge in [-0.1, -0.05) is 17.8 Å². The molecule has 5 heteroatoms. The second-order valence-corrected chi connectivity index (χ2v) is 6.40. The van der Waals surface area contributed by atoms with Crippen molar-refractivity contribution < 1.29 is 4.79 Å². The van der Waals surface area contributed by atoms with E-state index in [4.69, 9.17) is 0 Å². The SMILES string of the molecule is CC(Sc1ccccn1)C(=O)N(C)Cc1ccsc1. The van der Waals surface area contributed by atoms with Gasteiger partial charge < -0.3 is 4.90 Å². The smallest absolute Gasteiger partial charge is 0.235 e. The fourth-order valence-corrected chi connectivity index (χ4v) is 3.27. The van der Waals surface area contributed by atoms with Gasteiger partial charge in [-0.25, -0.2) is 4.98 Å². The van der Waals surface area contributed by atoms with Gasteiger partial charge in [0.05, 0.1) is 10.3 Å². The van der Waals surface area contributed by atoms with Gasteiger partial charge in [0.15, 0.2) is 0 Å².